The molecule has 0 aliphatic heterocycles. The topological polar surface area (TPSA) is 63.3 Å². The summed E-state index contributed by atoms with van der Waals surface area (Å²) in [6, 6.07) is -2.38. The third-order valence-electron chi connectivity index (χ3n) is 2.28. The largest absolute Gasteiger partial charge is 0.481 e. The Morgan fingerprint density at radius 1 is 0.950 bits per heavy atom. The molecular formula is C8H8F9NO2. The van der Waals surface area contributed by atoms with Crippen LogP contribution in [0, 0.1) is 0 Å². The van der Waals surface area contributed by atoms with Gasteiger partial charge in [-0.1, -0.05) is 0 Å². The zero-order valence-electron chi connectivity index (χ0n) is 9.33. The fourth-order valence-corrected chi connectivity index (χ4v) is 1.30. The summed E-state index contributed by atoms with van der Waals surface area (Å²) >= 11 is 0. The second kappa shape index (κ2) is 5.30. The minimum Gasteiger partial charge on any atom is -0.481 e. The van der Waals surface area contributed by atoms with Crippen LogP contribution in [-0.4, -0.2) is 41.1 Å². The van der Waals surface area contributed by atoms with Gasteiger partial charge in [-0.2, -0.15) is 35.1 Å². The smallest absolute Gasteiger partial charge is 0.457 e. The minimum atomic E-state index is -6.82. The first-order chi connectivity index (χ1) is 8.56. The van der Waals surface area contributed by atoms with E-state index < -0.39 is 48.8 Å². The molecular weight excluding hydrogens is 313 g/mol. The number of hydrogen-bond acceptors (Lipinski definition) is 2. The van der Waals surface area contributed by atoms with Crippen molar-refractivity contribution in [1.82, 2.24) is 0 Å². The third kappa shape index (κ3) is 3.46. The Morgan fingerprint density at radius 2 is 1.35 bits per heavy atom. The Balaban J connectivity index is 5.61. The zero-order valence-corrected chi connectivity index (χ0v) is 9.33. The van der Waals surface area contributed by atoms with E-state index in [0.29, 0.717) is 0 Å². The third-order valence-corrected chi connectivity index (χ3v) is 2.28. The fraction of sp³-hybridized carbons (Fsp3) is 0.875. The maximum Gasteiger partial charge on any atom is 0.457 e. The highest BCUT2D eigenvalue weighted by Crippen LogP contribution is 2.54. The summed E-state index contributed by atoms with van der Waals surface area (Å²) < 4.78 is 111. The van der Waals surface area contributed by atoms with Gasteiger partial charge in [-0.15, -0.1) is 0 Å². The van der Waals surface area contributed by atoms with Crippen molar-refractivity contribution in [2.75, 3.05) is 0 Å². The van der Waals surface area contributed by atoms with E-state index in [-0.39, 0.29) is 0 Å². The molecule has 2 unspecified atom stereocenters. The second-order valence-electron chi connectivity index (χ2n) is 3.93. The van der Waals surface area contributed by atoms with E-state index in [1.807, 2.05) is 0 Å². The van der Waals surface area contributed by atoms with Crippen molar-refractivity contribution in [1.29, 1.82) is 0 Å². The van der Waals surface area contributed by atoms with E-state index in [0.717, 1.165) is 0 Å². The van der Waals surface area contributed by atoms with Crippen molar-refractivity contribution in [3.63, 3.8) is 0 Å². The molecule has 20 heavy (non-hydrogen) atoms. The Hall–Kier alpha value is -1.20. The highest BCUT2D eigenvalue weighted by molar-refractivity contribution is 5.67. The number of carboxylic acids is 1. The summed E-state index contributed by atoms with van der Waals surface area (Å²) in [6.07, 6.45) is -17.4. The number of rotatable bonds is 5. The van der Waals surface area contributed by atoms with Crippen LogP contribution in [0.4, 0.5) is 39.5 Å². The molecule has 12 heteroatoms. The predicted octanol–water partition coefficient (Wildman–Crippen LogP) is 2.65. The van der Waals surface area contributed by atoms with Gasteiger partial charge in [0, 0.05) is 12.5 Å². The monoisotopic (exact) mass is 321 g/mol. The van der Waals surface area contributed by atoms with Gasteiger partial charge in [-0.3, -0.25) is 4.79 Å². The molecule has 3 N–H and O–H groups in total. The first kappa shape index (κ1) is 18.8. The maximum absolute atomic E-state index is 13.4. The number of hydrogen-bond donors (Lipinski definition) is 2. The molecule has 0 rings (SSSR count). The zero-order chi connectivity index (χ0) is 16.6. The summed E-state index contributed by atoms with van der Waals surface area (Å²) in [5, 5.41) is 8.15. The predicted molar refractivity (Wildman–Crippen MR) is 45.7 cm³/mol. The van der Waals surface area contributed by atoms with Crippen LogP contribution in [0.15, 0.2) is 0 Å². The van der Waals surface area contributed by atoms with Gasteiger partial charge < -0.3 is 10.8 Å². The Kier molecular flexibility index (Phi) is 4.98. The van der Waals surface area contributed by atoms with E-state index in [2.05, 4.69) is 5.73 Å². The molecule has 0 fully saturated rings. The summed E-state index contributed by atoms with van der Waals surface area (Å²) in [5.41, 5.74) is -1.34. The first-order valence-electron chi connectivity index (χ1n) is 4.74. The molecule has 0 aromatic rings. The number of alkyl halides is 9. The molecule has 120 valence electrons. The summed E-state index contributed by atoms with van der Waals surface area (Å²) in [6.45, 7) is 0. The van der Waals surface area contributed by atoms with Gasteiger partial charge in [0.05, 0.1) is 6.42 Å². The molecule has 0 radical (unpaired) electrons. The van der Waals surface area contributed by atoms with Crippen LogP contribution in [0.1, 0.15) is 12.8 Å². The lowest BCUT2D eigenvalue weighted by Gasteiger charge is -2.37. The highest BCUT2D eigenvalue weighted by atomic mass is 19.4. The second-order valence-corrected chi connectivity index (χ2v) is 3.93. The van der Waals surface area contributed by atoms with Crippen LogP contribution in [0.5, 0.6) is 0 Å². The van der Waals surface area contributed by atoms with E-state index in [9.17, 15) is 44.3 Å². The molecule has 0 bridgehead atoms. The van der Waals surface area contributed by atoms with Gasteiger partial charge in [0.15, 0.2) is 0 Å². The molecule has 0 amide bonds. The lowest BCUT2D eigenvalue weighted by Crippen LogP contribution is -2.63. The maximum atomic E-state index is 13.4. The van der Waals surface area contributed by atoms with Gasteiger partial charge in [0.25, 0.3) is 5.67 Å². The number of carbonyl (C=O) groups is 1. The molecule has 0 aromatic carbocycles. The first-order valence-corrected chi connectivity index (χ1v) is 4.74. The van der Waals surface area contributed by atoms with Crippen molar-refractivity contribution >= 4 is 5.97 Å². The van der Waals surface area contributed by atoms with Crippen LogP contribution >= 0.6 is 0 Å². The number of aliphatic carboxylic acids is 1. The van der Waals surface area contributed by atoms with Crippen molar-refractivity contribution in [2.24, 2.45) is 5.73 Å². The summed E-state index contributed by atoms with van der Waals surface area (Å²) in [7, 11) is 0. The summed E-state index contributed by atoms with van der Waals surface area (Å²) in [5.74, 6) is -8.65. The van der Waals surface area contributed by atoms with Crippen LogP contribution in [0.25, 0.3) is 0 Å². The van der Waals surface area contributed by atoms with Crippen molar-refractivity contribution in [3.8, 4) is 0 Å². The fourth-order valence-electron chi connectivity index (χ4n) is 1.30. The molecule has 0 aliphatic carbocycles. The van der Waals surface area contributed by atoms with Gasteiger partial charge >= 0.3 is 24.2 Å². The van der Waals surface area contributed by atoms with E-state index >= 15 is 0 Å². The van der Waals surface area contributed by atoms with Crippen molar-refractivity contribution in [3.05, 3.63) is 0 Å². The number of halogens is 9. The normalized spacial score (nSPS) is 18.5. The molecule has 0 aliphatic rings. The molecule has 0 spiro atoms. The Bertz CT molecular complexity index is 364. The van der Waals surface area contributed by atoms with Crippen LogP contribution < -0.4 is 5.73 Å². The minimum absolute atomic E-state index is 1.41. The van der Waals surface area contributed by atoms with Gasteiger partial charge in [-0.25, -0.2) is 4.39 Å². The van der Waals surface area contributed by atoms with Crippen LogP contribution in [-0.2, 0) is 4.79 Å². The molecule has 0 aromatic heterocycles. The average molecular weight is 321 g/mol. The standard InChI is InChI=1S/C8H8F9NO2/c9-5(7(12,13)14,2-3(18)1-4(19)20)6(10,11)8(15,16)17/h3H,1-2,18H2,(H,19,20). The molecule has 0 saturated heterocycles. The van der Waals surface area contributed by atoms with E-state index in [1.165, 1.54) is 0 Å². The van der Waals surface area contributed by atoms with Crippen molar-refractivity contribution in [2.45, 2.75) is 42.8 Å². The van der Waals surface area contributed by atoms with Gasteiger partial charge in [0.1, 0.15) is 0 Å². The number of carboxylic acid groups (broad SMARTS) is 1. The quantitative estimate of drug-likeness (QED) is 0.765. The van der Waals surface area contributed by atoms with E-state index in [4.69, 9.17) is 5.11 Å². The average Bonchev–Trinajstić information content (AvgIpc) is 2.11. The lowest BCUT2D eigenvalue weighted by atomic mass is 9.88. The number of nitrogens with two attached hydrogens (primary N) is 1. The van der Waals surface area contributed by atoms with E-state index in [1.54, 1.807) is 0 Å². The highest BCUT2D eigenvalue weighted by Gasteiger charge is 2.80. The van der Waals surface area contributed by atoms with Crippen molar-refractivity contribution < 1.29 is 49.4 Å². The van der Waals surface area contributed by atoms with Gasteiger partial charge in [0.2, 0.25) is 0 Å². The Labute approximate surface area is 105 Å². The molecule has 0 heterocycles. The molecule has 0 saturated carbocycles. The van der Waals surface area contributed by atoms with Crippen LogP contribution in [0.3, 0.4) is 0 Å². The lowest BCUT2D eigenvalue weighted by molar-refractivity contribution is -0.385. The molecule has 3 nitrogen and oxygen atoms in total. The summed E-state index contributed by atoms with van der Waals surface area (Å²) in [4.78, 5) is 10.1. The van der Waals surface area contributed by atoms with Crippen LogP contribution in [0.2, 0.25) is 0 Å². The molecule has 2 atom stereocenters. The SMILES string of the molecule is NC(CC(=O)O)CC(F)(C(F)(F)F)C(F)(F)C(F)(F)F. The van der Waals surface area contributed by atoms with Gasteiger partial charge in [-0.05, 0) is 0 Å². The Morgan fingerprint density at radius 3 is 1.60 bits per heavy atom.